The zero-order valence-corrected chi connectivity index (χ0v) is 27.7. The standard InChI is InChI=1S/C39H56O7/c40-32-25-23-31(24-26-32)39(30-35(43)38-34(42)28-33(41)29-36(38)46-39)27-21-19-17-15-13-11-9-7-5-3-1-2-4-6-8-10-12-14-16-18-20-22-37(44)45/h5,7,23-26,28-29,40-42H,1-4,6,8-22,27,30H2,(H,44,45)/b7-5-/t39-/m0/s1. The molecule has 0 fully saturated rings. The number of hydrogen-bond donors (Lipinski definition) is 4. The first-order valence-electron chi connectivity index (χ1n) is 17.8. The maximum atomic E-state index is 13.1. The number of carbonyl (C=O) groups excluding carboxylic acids is 1. The van der Waals surface area contributed by atoms with E-state index in [2.05, 4.69) is 12.2 Å². The molecule has 1 atom stereocenters. The van der Waals surface area contributed by atoms with Crippen molar-refractivity contribution < 1.29 is 34.8 Å². The van der Waals surface area contributed by atoms with Crippen molar-refractivity contribution in [3.05, 3.63) is 59.7 Å². The van der Waals surface area contributed by atoms with Gasteiger partial charge in [-0.15, -0.1) is 0 Å². The summed E-state index contributed by atoms with van der Waals surface area (Å²) < 4.78 is 6.39. The number of ketones is 1. The summed E-state index contributed by atoms with van der Waals surface area (Å²) in [6.07, 6.45) is 28.0. The van der Waals surface area contributed by atoms with Crippen molar-refractivity contribution in [3.63, 3.8) is 0 Å². The predicted octanol–water partition coefficient (Wildman–Crippen LogP) is 10.5. The van der Waals surface area contributed by atoms with Gasteiger partial charge in [-0.2, -0.15) is 0 Å². The number of phenols is 3. The highest BCUT2D eigenvalue weighted by Gasteiger charge is 2.43. The Hall–Kier alpha value is -3.48. The van der Waals surface area contributed by atoms with Gasteiger partial charge < -0.3 is 25.2 Å². The minimum absolute atomic E-state index is 0.0926. The van der Waals surface area contributed by atoms with Crippen molar-refractivity contribution in [3.8, 4) is 23.0 Å². The van der Waals surface area contributed by atoms with Crippen LogP contribution in [-0.2, 0) is 10.4 Å². The van der Waals surface area contributed by atoms with E-state index in [1.807, 2.05) is 0 Å². The molecule has 2 aromatic carbocycles. The number of ether oxygens (including phenoxy) is 1. The van der Waals surface area contributed by atoms with Crippen LogP contribution < -0.4 is 4.74 Å². The van der Waals surface area contributed by atoms with Gasteiger partial charge in [0.1, 0.15) is 34.2 Å². The van der Waals surface area contributed by atoms with E-state index < -0.39 is 11.6 Å². The van der Waals surface area contributed by atoms with Crippen LogP contribution in [0, 0.1) is 0 Å². The molecule has 0 unspecified atom stereocenters. The summed E-state index contributed by atoms with van der Waals surface area (Å²) in [6, 6.07) is 9.30. The van der Waals surface area contributed by atoms with E-state index in [1.54, 1.807) is 24.3 Å². The molecule has 46 heavy (non-hydrogen) atoms. The Morgan fingerprint density at radius 2 is 1.17 bits per heavy atom. The molecule has 2 aromatic rings. The molecule has 1 aliphatic rings. The monoisotopic (exact) mass is 636 g/mol. The van der Waals surface area contributed by atoms with Crippen LogP contribution in [0.1, 0.15) is 157 Å². The second-order valence-corrected chi connectivity index (χ2v) is 13.0. The third-order valence-electron chi connectivity index (χ3n) is 9.12. The highest BCUT2D eigenvalue weighted by molar-refractivity contribution is 6.03. The Balaban J connectivity index is 1.22. The first-order valence-corrected chi connectivity index (χ1v) is 17.8. The third-order valence-corrected chi connectivity index (χ3v) is 9.12. The van der Waals surface area contributed by atoms with Gasteiger partial charge in [0.25, 0.3) is 0 Å². The average molecular weight is 637 g/mol. The number of unbranched alkanes of at least 4 members (excludes halogenated alkanes) is 17. The summed E-state index contributed by atoms with van der Waals surface area (Å²) in [5.41, 5.74) is 0.00640. The normalized spacial score (nSPS) is 16.0. The number of aliphatic carboxylic acids is 1. The zero-order valence-electron chi connectivity index (χ0n) is 27.7. The van der Waals surface area contributed by atoms with Gasteiger partial charge in [-0.3, -0.25) is 9.59 Å². The Kier molecular flexibility index (Phi) is 16.6. The van der Waals surface area contributed by atoms with Crippen molar-refractivity contribution in [2.45, 2.75) is 147 Å². The van der Waals surface area contributed by atoms with Crippen molar-refractivity contribution in [2.75, 3.05) is 0 Å². The molecular formula is C39H56O7. The van der Waals surface area contributed by atoms with E-state index >= 15 is 0 Å². The van der Waals surface area contributed by atoms with Gasteiger partial charge in [0.2, 0.25) is 0 Å². The number of fused-ring (bicyclic) bond motifs is 1. The molecule has 0 bridgehead atoms. The van der Waals surface area contributed by atoms with E-state index in [0.29, 0.717) is 12.8 Å². The molecule has 0 aliphatic carbocycles. The SMILES string of the molecule is O=C(O)CCCCCCCCCCCCC/C=C\CCCCCCCC[C@@]1(c2ccc(O)cc2)CC(=O)c2c(O)cc(O)cc2O1. The number of carboxylic acids is 1. The summed E-state index contributed by atoms with van der Waals surface area (Å²) >= 11 is 0. The molecule has 1 aliphatic heterocycles. The molecule has 4 N–H and O–H groups in total. The number of carboxylic acid groups (broad SMARTS) is 1. The smallest absolute Gasteiger partial charge is 0.303 e. The van der Waals surface area contributed by atoms with E-state index in [4.69, 9.17) is 9.84 Å². The number of carbonyl (C=O) groups is 2. The fourth-order valence-electron chi connectivity index (χ4n) is 6.50. The number of benzene rings is 2. The maximum Gasteiger partial charge on any atom is 0.303 e. The quantitative estimate of drug-likeness (QED) is 0.0667. The fourth-order valence-corrected chi connectivity index (χ4v) is 6.50. The first kappa shape index (κ1) is 37.0. The van der Waals surface area contributed by atoms with Crippen LogP contribution >= 0.6 is 0 Å². The lowest BCUT2D eigenvalue weighted by Gasteiger charge is -2.39. The van der Waals surface area contributed by atoms with E-state index in [-0.39, 0.29) is 40.8 Å². The van der Waals surface area contributed by atoms with E-state index in [0.717, 1.165) is 50.2 Å². The third kappa shape index (κ3) is 13.1. The molecule has 1 heterocycles. The molecule has 0 saturated carbocycles. The lowest BCUT2D eigenvalue weighted by atomic mass is 9.80. The summed E-state index contributed by atoms with van der Waals surface area (Å²) in [7, 11) is 0. The minimum atomic E-state index is -0.907. The van der Waals surface area contributed by atoms with Crippen LogP contribution in [0.5, 0.6) is 23.0 Å². The van der Waals surface area contributed by atoms with Crippen LogP contribution in [-0.4, -0.2) is 32.2 Å². The summed E-state index contributed by atoms with van der Waals surface area (Å²) in [5.74, 6) is -0.982. The second-order valence-electron chi connectivity index (χ2n) is 13.0. The molecule has 0 saturated heterocycles. The largest absolute Gasteiger partial charge is 0.508 e. The lowest BCUT2D eigenvalue weighted by molar-refractivity contribution is -0.137. The molecule has 0 spiro atoms. The molecule has 3 rings (SSSR count). The number of rotatable bonds is 24. The highest BCUT2D eigenvalue weighted by atomic mass is 16.5. The van der Waals surface area contributed by atoms with Crippen molar-refractivity contribution in [2.24, 2.45) is 0 Å². The molecule has 0 aromatic heterocycles. The summed E-state index contributed by atoms with van der Waals surface area (Å²) in [5, 5.41) is 38.7. The highest BCUT2D eigenvalue weighted by Crippen LogP contribution is 2.47. The number of phenolic OH excluding ortho intramolecular Hbond substituents is 3. The van der Waals surface area contributed by atoms with Crippen molar-refractivity contribution in [1.29, 1.82) is 0 Å². The molecule has 0 amide bonds. The number of allylic oxidation sites excluding steroid dienone is 2. The van der Waals surface area contributed by atoms with Gasteiger partial charge in [0.05, 0.1) is 6.42 Å². The molecule has 7 nitrogen and oxygen atoms in total. The average Bonchev–Trinajstić information content (AvgIpc) is 3.01. The van der Waals surface area contributed by atoms with Crippen LogP contribution in [0.2, 0.25) is 0 Å². The van der Waals surface area contributed by atoms with Gasteiger partial charge in [-0.1, -0.05) is 108 Å². The zero-order chi connectivity index (χ0) is 33.0. The van der Waals surface area contributed by atoms with Gasteiger partial charge >= 0.3 is 5.97 Å². The lowest BCUT2D eigenvalue weighted by Crippen LogP contribution is -2.39. The molecule has 0 radical (unpaired) electrons. The van der Waals surface area contributed by atoms with Crippen molar-refractivity contribution in [1.82, 2.24) is 0 Å². The molecule has 7 heteroatoms. The van der Waals surface area contributed by atoms with Crippen LogP contribution in [0.15, 0.2) is 48.6 Å². The Morgan fingerprint density at radius 3 is 1.72 bits per heavy atom. The summed E-state index contributed by atoms with van der Waals surface area (Å²) in [4.78, 5) is 23.6. The molecule has 254 valence electrons. The van der Waals surface area contributed by atoms with Gasteiger partial charge in [0.15, 0.2) is 5.78 Å². The maximum absolute atomic E-state index is 13.1. The van der Waals surface area contributed by atoms with Crippen LogP contribution in [0.3, 0.4) is 0 Å². The van der Waals surface area contributed by atoms with E-state index in [1.165, 1.54) is 89.5 Å². The number of Topliss-reactive ketones (excluding diaryl/α,β-unsaturated/α-hetero) is 1. The Morgan fingerprint density at radius 1 is 0.674 bits per heavy atom. The Bertz CT molecular complexity index is 1220. The van der Waals surface area contributed by atoms with Crippen molar-refractivity contribution >= 4 is 11.8 Å². The second kappa shape index (κ2) is 20.6. The number of hydrogen-bond acceptors (Lipinski definition) is 6. The van der Waals surface area contributed by atoms with Crippen LogP contribution in [0.25, 0.3) is 0 Å². The van der Waals surface area contributed by atoms with Gasteiger partial charge in [0, 0.05) is 18.6 Å². The Labute approximate surface area is 275 Å². The predicted molar refractivity (Wildman–Crippen MR) is 183 cm³/mol. The van der Waals surface area contributed by atoms with Gasteiger partial charge in [-0.25, -0.2) is 0 Å². The summed E-state index contributed by atoms with van der Waals surface area (Å²) in [6.45, 7) is 0. The first-order chi connectivity index (χ1) is 22.3. The van der Waals surface area contributed by atoms with Gasteiger partial charge in [-0.05, 0) is 62.6 Å². The minimum Gasteiger partial charge on any atom is -0.508 e. The van der Waals surface area contributed by atoms with Crippen LogP contribution in [0.4, 0.5) is 0 Å². The number of aromatic hydroxyl groups is 3. The van der Waals surface area contributed by atoms with E-state index in [9.17, 15) is 24.9 Å². The molecular weight excluding hydrogens is 580 g/mol. The fraction of sp³-hybridized carbons (Fsp3) is 0.590. The topological polar surface area (TPSA) is 124 Å².